The van der Waals surface area contributed by atoms with Crippen LogP contribution in [-0.2, 0) is 17.0 Å². The number of alkyl halides is 3. The van der Waals surface area contributed by atoms with E-state index in [9.17, 15) is 13.2 Å². The van der Waals surface area contributed by atoms with E-state index in [0.29, 0.717) is 18.7 Å². The van der Waals surface area contributed by atoms with Crippen molar-refractivity contribution >= 4 is 43.8 Å². The first-order valence-corrected chi connectivity index (χ1v) is 17.5. The second kappa shape index (κ2) is 15.0. The van der Waals surface area contributed by atoms with Crippen molar-refractivity contribution in [2.75, 3.05) is 12.4 Å². The minimum atomic E-state index is -4.55. The summed E-state index contributed by atoms with van der Waals surface area (Å²) in [6.45, 7) is 10.7. The first kappa shape index (κ1) is 36.7. The summed E-state index contributed by atoms with van der Waals surface area (Å²) in [5.41, 5.74) is 0.835. The van der Waals surface area contributed by atoms with Crippen molar-refractivity contribution in [1.82, 2.24) is 19.7 Å². The maximum atomic E-state index is 13.7. The number of methoxy groups -OCH3 is 1. The molecule has 2 aromatic heterocycles. The van der Waals surface area contributed by atoms with Crippen LogP contribution in [0.1, 0.15) is 51.2 Å². The molecule has 7 nitrogen and oxygen atoms in total. The SMILES string of the molecule is CCC(Cc1nc(Nc2cc(OC)cc(C(F)(F)F)c2)nn1-c1ccnc(C)c1)O[Si](c1ccccc1)(c1ccccc1)C(C)(C)C.S. The number of hydrogen-bond acceptors (Lipinski definition) is 6. The number of nitrogens with one attached hydrogen (secondary N) is 1. The van der Waals surface area contributed by atoms with Gasteiger partial charge < -0.3 is 14.5 Å². The van der Waals surface area contributed by atoms with Crippen molar-refractivity contribution in [1.29, 1.82) is 0 Å². The molecule has 0 fully saturated rings. The number of aryl methyl sites for hydroxylation is 1. The van der Waals surface area contributed by atoms with Crippen LogP contribution < -0.4 is 20.4 Å². The third-order valence-electron chi connectivity index (χ3n) is 8.15. The highest BCUT2D eigenvalue weighted by molar-refractivity contribution is 7.59. The molecule has 0 saturated heterocycles. The summed E-state index contributed by atoms with van der Waals surface area (Å²) in [7, 11) is -1.56. The lowest BCUT2D eigenvalue weighted by atomic mass is 10.2. The molecule has 0 spiro atoms. The Labute approximate surface area is 288 Å². The fraction of sp³-hybridized carbons (Fsp3) is 0.306. The van der Waals surface area contributed by atoms with Gasteiger partial charge in [0.05, 0.1) is 24.5 Å². The summed E-state index contributed by atoms with van der Waals surface area (Å²) in [5, 5.41) is 9.81. The summed E-state index contributed by atoms with van der Waals surface area (Å²) in [6.07, 6.45) is -2.02. The summed E-state index contributed by atoms with van der Waals surface area (Å²) < 4.78 is 55.3. The first-order valence-electron chi connectivity index (χ1n) is 15.5. The zero-order chi connectivity index (χ0) is 33.8. The van der Waals surface area contributed by atoms with E-state index in [1.54, 1.807) is 10.9 Å². The molecule has 0 aliphatic rings. The Morgan fingerprint density at radius 2 is 1.52 bits per heavy atom. The predicted molar refractivity (Wildman–Crippen MR) is 192 cm³/mol. The van der Waals surface area contributed by atoms with E-state index in [4.69, 9.17) is 19.2 Å². The van der Waals surface area contributed by atoms with Crippen LogP contribution in [0, 0.1) is 6.92 Å². The largest absolute Gasteiger partial charge is 0.497 e. The summed E-state index contributed by atoms with van der Waals surface area (Å²) in [6, 6.07) is 28.0. The Bertz CT molecular complexity index is 1760. The molecule has 0 aliphatic heterocycles. The molecule has 48 heavy (non-hydrogen) atoms. The molecule has 0 aliphatic carbocycles. The van der Waals surface area contributed by atoms with Crippen molar-refractivity contribution in [2.24, 2.45) is 0 Å². The van der Waals surface area contributed by atoms with Gasteiger partial charge in [-0.3, -0.25) is 4.98 Å². The smallest absolute Gasteiger partial charge is 0.416 e. The van der Waals surface area contributed by atoms with Crippen LogP contribution >= 0.6 is 13.5 Å². The molecule has 2 heterocycles. The van der Waals surface area contributed by atoms with E-state index in [1.807, 2.05) is 31.2 Å². The highest BCUT2D eigenvalue weighted by Crippen LogP contribution is 2.39. The number of halogens is 3. The van der Waals surface area contributed by atoms with Crippen molar-refractivity contribution < 1.29 is 22.3 Å². The molecular weight excluding hydrogens is 652 g/mol. The molecular formula is C36H42F3N5O2SSi. The summed E-state index contributed by atoms with van der Waals surface area (Å²) in [5.74, 6) is 0.814. The summed E-state index contributed by atoms with van der Waals surface area (Å²) in [4.78, 5) is 9.14. The van der Waals surface area contributed by atoms with Crippen molar-refractivity contribution in [3.05, 3.63) is 114 Å². The van der Waals surface area contributed by atoms with Crippen LogP contribution in [0.2, 0.25) is 5.04 Å². The van der Waals surface area contributed by atoms with Crippen LogP contribution in [0.4, 0.5) is 24.8 Å². The number of rotatable bonds is 11. The number of anilines is 2. The van der Waals surface area contributed by atoms with Crippen LogP contribution in [0.3, 0.4) is 0 Å². The highest BCUT2D eigenvalue weighted by Gasteiger charge is 2.51. The number of nitrogens with zero attached hydrogens (tertiary/aromatic N) is 4. The maximum absolute atomic E-state index is 13.7. The van der Waals surface area contributed by atoms with Gasteiger partial charge in [-0.1, -0.05) is 88.4 Å². The summed E-state index contributed by atoms with van der Waals surface area (Å²) >= 11 is 0. The number of benzene rings is 3. The molecule has 0 bridgehead atoms. The Balaban J connectivity index is 0.00000520. The fourth-order valence-electron chi connectivity index (χ4n) is 5.89. The zero-order valence-corrected chi connectivity index (χ0v) is 30.0. The normalized spacial score (nSPS) is 12.7. The van der Waals surface area contributed by atoms with E-state index in [0.717, 1.165) is 23.5 Å². The quantitative estimate of drug-likeness (QED) is 0.143. The number of ether oxygens (including phenoxy) is 1. The Hall–Kier alpha value is -4.13. The average Bonchev–Trinajstić information content (AvgIpc) is 3.44. The molecule has 3 aromatic carbocycles. The van der Waals surface area contributed by atoms with E-state index >= 15 is 0 Å². The minimum absolute atomic E-state index is 0. The first-order chi connectivity index (χ1) is 22.3. The van der Waals surface area contributed by atoms with Crippen molar-refractivity contribution in [3.63, 3.8) is 0 Å². The zero-order valence-electron chi connectivity index (χ0n) is 28.0. The van der Waals surface area contributed by atoms with E-state index in [2.05, 4.69) is 86.5 Å². The van der Waals surface area contributed by atoms with Crippen molar-refractivity contribution in [3.8, 4) is 11.4 Å². The molecule has 0 saturated carbocycles. The van der Waals surface area contributed by atoms with Gasteiger partial charge in [0.1, 0.15) is 11.6 Å². The van der Waals surface area contributed by atoms with Gasteiger partial charge in [-0.25, -0.2) is 4.68 Å². The lowest BCUT2D eigenvalue weighted by Gasteiger charge is -2.45. The maximum Gasteiger partial charge on any atom is 0.416 e. The molecule has 1 unspecified atom stereocenters. The standard InChI is InChI=1S/C36H40F3N5O2Si.H2S/c1-7-29(46-47(35(3,4)5,31-14-10-8-11-15-31)32-16-12-9-13-17-32)24-33-42-34(43-44(33)28-18-19-40-25(2)20-28)41-27-21-26(36(37,38)39)22-30(23-27)45-6;/h8-23,29H,7,24H2,1-6H3,(H,41,43);1H2. The molecule has 5 aromatic rings. The Kier molecular flexibility index (Phi) is 11.4. The fourth-order valence-corrected chi connectivity index (χ4v) is 10.7. The van der Waals surface area contributed by atoms with Crippen LogP contribution in [-0.4, -0.2) is 41.3 Å². The van der Waals surface area contributed by atoms with Gasteiger partial charge in [-0.05, 0) is 53.0 Å². The third-order valence-corrected chi connectivity index (χ3v) is 13.2. The van der Waals surface area contributed by atoms with Crippen LogP contribution in [0.15, 0.2) is 97.2 Å². The monoisotopic (exact) mass is 693 g/mol. The van der Waals surface area contributed by atoms with E-state index < -0.39 is 20.1 Å². The van der Waals surface area contributed by atoms with Gasteiger partial charge in [0.15, 0.2) is 0 Å². The number of pyridine rings is 1. The second-order valence-electron chi connectivity index (χ2n) is 12.5. The number of aromatic nitrogens is 4. The Morgan fingerprint density at radius 1 is 0.896 bits per heavy atom. The van der Waals surface area contributed by atoms with Crippen molar-refractivity contribution in [2.45, 2.75) is 64.8 Å². The lowest BCUT2D eigenvalue weighted by Crippen LogP contribution is -2.67. The van der Waals surface area contributed by atoms with Crippen LogP contribution in [0.25, 0.3) is 5.69 Å². The number of hydrogen-bond donors (Lipinski definition) is 1. The van der Waals surface area contributed by atoms with E-state index in [-0.39, 0.29) is 42.0 Å². The van der Waals surface area contributed by atoms with Gasteiger partial charge in [0, 0.05) is 30.1 Å². The molecule has 12 heteroatoms. The van der Waals surface area contributed by atoms with Gasteiger partial charge in [0.25, 0.3) is 8.32 Å². The molecule has 5 rings (SSSR count). The third kappa shape index (κ3) is 7.94. The van der Waals surface area contributed by atoms with Gasteiger partial charge in [-0.15, -0.1) is 5.10 Å². The topological polar surface area (TPSA) is 74.1 Å². The molecule has 0 radical (unpaired) electrons. The highest BCUT2D eigenvalue weighted by atomic mass is 32.1. The molecule has 1 N–H and O–H groups in total. The van der Waals surface area contributed by atoms with Crippen LogP contribution in [0.5, 0.6) is 5.75 Å². The molecule has 0 amide bonds. The average molecular weight is 694 g/mol. The predicted octanol–water partition coefficient (Wildman–Crippen LogP) is 7.75. The van der Waals surface area contributed by atoms with Gasteiger partial charge in [0.2, 0.25) is 5.95 Å². The Morgan fingerprint density at radius 3 is 2.04 bits per heavy atom. The van der Waals surface area contributed by atoms with Gasteiger partial charge >= 0.3 is 6.18 Å². The second-order valence-corrected chi connectivity index (χ2v) is 16.8. The lowest BCUT2D eigenvalue weighted by molar-refractivity contribution is -0.137. The molecule has 254 valence electrons. The molecule has 1 atom stereocenters. The van der Waals surface area contributed by atoms with E-state index in [1.165, 1.54) is 23.5 Å². The minimum Gasteiger partial charge on any atom is -0.497 e. The van der Waals surface area contributed by atoms with Gasteiger partial charge in [-0.2, -0.15) is 31.7 Å².